The molecule has 0 unspecified atom stereocenters. The second kappa shape index (κ2) is 5.23. The Labute approximate surface area is 133 Å². The first-order valence-electron chi connectivity index (χ1n) is 6.41. The van der Waals surface area contributed by atoms with Crippen LogP contribution in [0.1, 0.15) is 11.3 Å². The van der Waals surface area contributed by atoms with E-state index in [-0.39, 0.29) is 28.8 Å². The Balaban J connectivity index is 1.91. The van der Waals surface area contributed by atoms with Gasteiger partial charge in [0, 0.05) is 18.3 Å². The highest BCUT2D eigenvalue weighted by Crippen LogP contribution is 2.27. The number of primary sulfonamides is 1. The van der Waals surface area contributed by atoms with Crippen LogP contribution in [0.4, 0.5) is 5.95 Å². The zero-order chi connectivity index (χ0) is 16.8. The van der Waals surface area contributed by atoms with E-state index in [4.69, 9.17) is 10.9 Å². The van der Waals surface area contributed by atoms with E-state index >= 15 is 0 Å². The normalized spacial score (nSPS) is 15.5. The minimum Gasteiger partial charge on any atom is -0.368 e. The van der Waals surface area contributed by atoms with Crippen LogP contribution in [0.25, 0.3) is 0 Å². The summed E-state index contributed by atoms with van der Waals surface area (Å²) in [6.07, 6.45) is 1.50. The molecule has 0 saturated carbocycles. The van der Waals surface area contributed by atoms with Gasteiger partial charge < -0.3 is 5.73 Å². The van der Waals surface area contributed by atoms with Crippen molar-refractivity contribution in [2.24, 2.45) is 5.14 Å². The molecular formula is C12H13N5O4S2. The van der Waals surface area contributed by atoms with Crippen LogP contribution in [-0.4, -0.2) is 31.1 Å². The van der Waals surface area contributed by atoms with Crippen LogP contribution >= 0.6 is 0 Å². The summed E-state index contributed by atoms with van der Waals surface area (Å²) in [7, 11) is -7.67. The highest BCUT2D eigenvalue weighted by Gasteiger charge is 2.32. The maximum absolute atomic E-state index is 12.6. The minimum atomic E-state index is -3.87. The fourth-order valence-electron chi connectivity index (χ4n) is 2.26. The van der Waals surface area contributed by atoms with Gasteiger partial charge in [-0.05, 0) is 24.3 Å². The van der Waals surface area contributed by atoms with Crippen molar-refractivity contribution in [1.82, 2.24) is 14.3 Å². The highest BCUT2D eigenvalue weighted by molar-refractivity contribution is 7.89. The Bertz CT molecular complexity index is 971. The average Bonchev–Trinajstić information content (AvgIpc) is 2.90. The van der Waals surface area contributed by atoms with Crippen molar-refractivity contribution in [2.75, 3.05) is 5.73 Å². The molecule has 0 amide bonds. The van der Waals surface area contributed by atoms with E-state index in [2.05, 4.69) is 9.97 Å². The van der Waals surface area contributed by atoms with Crippen LogP contribution < -0.4 is 10.9 Å². The van der Waals surface area contributed by atoms with Crippen molar-refractivity contribution in [3.05, 3.63) is 41.7 Å². The number of sulfonamides is 2. The molecule has 4 N–H and O–H groups in total. The maximum atomic E-state index is 12.6. The van der Waals surface area contributed by atoms with Crippen LogP contribution in [0.3, 0.4) is 0 Å². The Hall–Kier alpha value is -2.08. The van der Waals surface area contributed by atoms with Gasteiger partial charge in [-0.15, -0.1) is 0 Å². The molecule has 1 aromatic heterocycles. The SMILES string of the molecule is Nc1ncc2c(n1)CN(S(=O)(=O)c1ccc(S(N)(=O)=O)cc1)C2. The summed E-state index contributed by atoms with van der Waals surface area (Å²) < 4.78 is 48.9. The third-order valence-corrected chi connectivity index (χ3v) is 6.17. The van der Waals surface area contributed by atoms with E-state index in [1.54, 1.807) is 0 Å². The number of nitrogens with two attached hydrogens (primary N) is 2. The van der Waals surface area contributed by atoms with E-state index < -0.39 is 20.0 Å². The van der Waals surface area contributed by atoms with Gasteiger partial charge in [0.25, 0.3) is 0 Å². The molecule has 0 atom stereocenters. The quantitative estimate of drug-likeness (QED) is 0.747. The first-order chi connectivity index (χ1) is 10.7. The van der Waals surface area contributed by atoms with Gasteiger partial charge in [0.05, 0.1) is 22.0 Å². The minimum absolute atomic E-state index is 0.0290. The third-order valence-electron chi connectivity index (χ3n) is 3.44. The molecule has 1 aromatic carbocycles. The number of fused-ring (bicyclic) bond motifs is 1. The molecule has 0 spiro atoms. The Kier molecular flexibility index (Phi) is 3.59. The van der Waals surface area contributed by atoms with Crippen molar-refractivity contribution in [1.29, 1.82) is 0 Å². The summed E-state index contributed by atoms with van der Waals surface area (Å²) in [4.78, 5) is 7.68. The predicted octanol–water partition coefficient (Wildman–Crippen LogP) is -0.589. The Morgan fingerprint density at radius 3 is 2.22 bits per heavy atom. The maximum Gasteiger partial charge on any atom is 0.243 e. The molecule has 122 valence electrons. The molecule has 0 bridgehead atoms. The zero-order valence-corrected chi connectivity index (χ0v) is 13.4. The fraction of sp³-hybridized carbons (Fsp3) is 0.167. The van der Waals surface area contributed by atoms with E-state index in [1.165, 1.54) is 22.6 Å². The largest absolute Gasteiger partial charge is 0.368 e. The molecule has 9 nitrogen and oxygen atoms in total. The number of nitrogens with zero attached hydrogens (tertiary/aromatic N) is 3. The van der Waals surface area contributed by atoms with Crippen molar-refractivity contribution in [2.45, 2.75) is 22.9 Å². The van der Waals surface area contributed by atoms with Crippen LogP contribution in [-0.2, 0) is 33.1 Å². The van der Waals surface area contributed by atoms with Crippen molar-refractivity contribution >= 4 is 26.0 Å². The molecule has 2 heterocycles. The monoisotopic (exact) mass is 355 g/mol. The van der Waals surface area contributed by atoms with Gasteiger partial charge in [0.15, 0.2) is 0 Å². The van der Waals surface area contributed by atoms with Gasteiger partial charge in [-0.2, -0.15) is 4.31 Å². The van der Waals surface area contributed by atoms with E-state index in [0.717, 1.165) is 12.1 Å². The lowest BCUT2D eigenvalue weighted by Crippen LogP contribution is -2.25. The number of rotatable bonds is 3. The zero-order valence-electron chi connectivity index (χ0n) is 11.7. The smallest absolute Gasteiger partial charge is 0.243 e. The lowest BCUT2D eigenvalue weighted by Gasteiger charge is -2.15. The molecule has 1 aliphatic heterocycles. The summed E-state index contributed by atoms with van der Waals surface area (Å²) >= 11 is 0. The fourth-order valence-corrected chi connectivity index (χ4v) is 4.15. The number of hydrogen-bond donors (Lipinski definition) is 2. The molecule has 11 heteroatoms. The summed E-state index contributed by atoms with van der Waals surface area (Å²) in [6, 6.07) is 4.72. The Morgan fingerprint density at radius 2 is 1.61 bits per heavy atom. The van der Waals surface area contributed by atoms with Crippen LogP contribution in [0.2, 0.25) is 0 Å². The molecule has 2 aromatic rings. The van der Waals surface area contributed by atoms with Gasteiger partial charge in [0.2, 0.25) is 26.0 Å². The summed E-state index contributed by atoms with van der Waals surface area (Å²) in [6.45, 7) is 0.218. The number of nitrogen functional groups attached to an aromatic ring is 1. The van der Waals surface area contributed by atoms with Crippen LogP contribution in [0.15, 0.2) is 40.3 Å². The van der Waals surface area contributed by atoms with Crippen molar-refractivity contribution in [3.8, 4) is 0 Å². The number of aromatic nitrogens is 2. The van der Waals surface area contributed by atoms with Gasteiger partial charge in [-0.25, -0.2) is 31.9 Å². The second-order valence-corrected chi connectivity index (χ2v) is 8.49. The predicted molar refractivity (Wildman–Crippen MR) is 80.7 cm³/mol. The van der Waals surface area contributed by atoms with Gasteiger partial charge in [-0.3, -0.25) is 0 Å². The molecular weight excluding hydrogens is 342 g/mol. The number of hydrogen-bond acceptors (Lipinski definition) is 7. The van der Waals surface area contributed by atoms with Crippen molar-refractivity contribution < 1.29 is 16.8 Å². The summed E-state index contributed by atoms with van der Waals surface area (Å²) in [5, 5.41) is 5.00. The van der Waals surface area contributed by atoms with Crippen LogP contribution in [0.5, 0.6) is 0 Å². The number of anilines is 1. The molecule has 0 radical (unpaired) electrons. The molecule has 3 rings (SSSR count). The highest BCUT2D eigenvalue weighted by atomic mass is 32.2. The number of benzene rings is 1. The molecule has 23 heavy (non-hydrogen) atoms. The molecule has 1 aliphatic rings. The first-order valence-corrected chi connectivity index (χ1v) is 9.40. The summed E-state index contributed by atoms with van der Waals surface area (Å²) in [5.74, 6) is 0.0838. The Morgan fingerprint density at radius 1 is 1.00 bits per heavy atom. The second-order valence-electron chi connectivity index (χ2n) is 4.99. The average molecular weight is 355 g/mol. The lowest BCUT2D eigenvalue weighted by molar-refractivity contribution is 0.429. The van der Waals surface area contributed by atoms with Crippen molar-refractivity contribution in [3.63, 3.8) is 0 Å². The molecule has 0 fully saturated rings. The first kappa shape index (κ1) is 15.8. The summed E-state index contributed by atoms with van der Waals surface area (Å²) in [5.41, 5.74) is 6.74. The molecule has 0 saturated heterocycles. The van der Waals surface area contributed by atoms with E-state index in [1.807, 2.05) is 0 Å². The third kappa shape index (κ3) is 2.91. The standard InChI is InChI=1S/C12H13N5O4S2/c13-12-15-5-8-6-17(7-11(8)16-12)23(20,21)10-3-1-9(2-4-10)22(14,18)19/h1-5H,6-7H2,(H2,13,15,16)(H2,14,18,19). The van der Waals surface area contributed by atoms with Gasteiger partial charge >= 0.3 is 0 Å². The molecule has 0 aliphatic carbocycles. The van der Waals surface area contributed by atoms with Crippen LogP contribution in [0, 0.1) is 0 Å². The topological polar surface area (TPSA) is 149 Å². The van der Waals surface area contributed by atoms with Gasteiger partial charge in [-0.1, -0.05) is 0 Å². The lowest BCUT2D eigenvalue weighted by atomic mass is 10.3. The van der Waals surface area contributed by atoms with E-state index in [9.17, 15) is 16.8 Å². The van der Waals surface area contributed by atoms with Gasteiger partial charge in [0.1, 0.15) is 0 Å². The van der Waals surface area contributed by atoms with E-state index in [0.29, 0.717) is 11.3 Å².